The van der Waals surface area contributed by atoms with Crippen LogP contribution in [0.5, 0.6) is 0 Å². The van der Waals surface area contributed by atoms with Crippen molar-refractivity contribution >= 4 is 12.0 Å². The first kappa shape index (κ1) is 18.8. The lowest BCUT2D eigenvalue weighted by atomic mass is 9.79. The minimum Gasteiger partial charge on any atom is -0.354 e. The van der Waals surface area contributed by atoms with Crippen LogP contribution in [0.25, 0.3) is 11.8 Å². The first-order chi connectivity index (χ1) is 14.5. The first-order valence-corrected chi connectivity index (χ1v) is 10.4. The summed E-state index contributed by atoms with van der Waals surface area (Å²) >= 11 is 0. The number of hydrogen-bond donors (Lipinski definition) is 1. The Morgan fingerprint density at radius 2 is 1.87 bits per heavy atom. The third-order valence-corrected chi connectivity index (χ3v) is 6.36. The van der Waals surface area contributed by atoms with Crippen molar-refractivity contribution in [3.05, 3.63) is 89.5 Å². The van der Waals surface area contributed by atoms with Gasteiger partial charge in [0.2, 0.25) is 5.91 Å². The lowest BCUT2D eigenvalue weighted by molar-refractivity contribution is -0.123. The van der Waals surface area contributed by atoms with Gasteiger partial charge in [-0.15, -0.1) is 0 Å². The lowest BCUT2D eigenvalue weighted by Gasteiger charge is -2.30. The van der Waals surface area contributed by atoms with Crippen LogP contribution in [0.2, 0.25) is 0 Å². The van der Waals surface area contributed by atoms with Crippen LogP contribution in [0.15, 0.2) is 66.9 Å². The van der Waals surface area contributed by atoms with Crippen LogP contribution in [0.1, 0.15) is 36.6 Å². The van der Waals surface area contributed by atoms with Gasteiger partial charge in [-0.25, -0.2) is 9.07 Å². The van der Waals surface area contributed by atoms with Crippen molar-refractivity contribution in [3.8, 4) is 5.69 Å². The molecule has 1 heterocycles. The summed E-state index contributed by atoms with van der Waals surface area (Å²) in [6.45, 7) is 2.74. The molecule has 2 aromatic carbocycles. The van der Waals surface area contributed by atoms with Crippen LogP contribution < -0.4 is 5.32 Å². The Kier molecular flexibility index (Phi) is 4.35. The zero-order valence-electron chi connectivity index (χ0n) is 16.9. The molecule has 2 aliphatic rings. The number of carbonyl (C=O) groups excluding carboxylic acids is 1. The summed E-state index contributed by atoms with van der Waals surface area (Å²) in [6, 6.07) is 16.4. The van der Waals surface area contributed by atoms with Crippen molar-refractivity contribution in [2.75, 3.05) is 6.54 Å². The SMILES string of the molecule is CC1(CNC(=O)C2(c3ccccc3)CC2)C=Cc2c(cnn2-c2ccc(F)cc2)C1. The van der Waals surface area contributed by atoms with E-state index in [4.69, 9.17) is 0 Å². The summed E-state index contributed by atoms with van der Waals surface area (Å²) in [5.41, 5.74) is 3.55. The van der Waals surface area contributed by atoms with Gasteiger partial charge in [-0.05, 0) is 60.7 Å². The Labute approximate surface area is 175 Å². The van der Waals surface area contributed by atoms with Gasteiger partial charge in [0.15, 0.2) is 0 Å². The maximum atomic E-state index is 13.2. The average Bonchev–Trinajstić information content (AvgIpc) is 3.48. The van der Waals surface area contributed by atoms with E-state index in [1.165, 1.54) is 12.1 Å². The molecule has 1 atom stereocenters. The Bertz CT molecular complexity index is 1110. The minimum atomic E-state index is -0.353. The third-order valence-electron chi connectivity index (χ3n) is 6.36. The highest BCUT2D eigenvalue weighted by Crippen LogP contribution is 2.48. The molecule has 1 saturated carbocycles. The van der Waals surface area contributed by atoms with E-state index >= 15 is 0 Å². The molecule has 1 fully saturated rings. The van der Waals surface area contributed by atoms with Crippen molar-refractivity contribution in [1.82, 2.24) is 15.1 Å². The van der Waals surface area contributed by atoms with Crippen molar-refractivity contribution in [3.63, 3.8) is 0 Å². The molecule has 0 aliphatic heterocycles. The number of nitrogens with zero attached hydrogens (tertiary/aromatic N) is 2. The summed E-state index contributed by atoms with van der Waals surface area (Å²) in [4.78, 5) is 13.0. The van der Waals surface area contributed by atoms with Crippen molar-refractivity contribution in [2.24, 2.45) is 5.41 Å². The molecule has 0 saturated heterocycles. The second kappa shape index (κ2) is 6.94. The fourth-order valence-corrected chi connectivity index (χ4v) is 4.37. The van der Waals surface area contributed by atoms with Gasteiger partial charge in [0.05, 0.1) is 23.0 Å². The molecule has 0 radical (unpaired) electrons. The van der Waals surface area contributed by atoms with E-state index in [1.807, 2.05) is 41.2 Å². The molecule has 1 amide bonds. The first-order valence-electron chi connectivity index (χ1n) is 10.4. The Morgan fingerprint density at radius 3 is 2.57 bits per heavy atom. The van der Waals surface area contributed by atoms with Gasteiger partial charge < -0.3 is 5.32 Å². The topological polar surface area (TPSA) is 46.9 Å². The molecule has 5 heteroatoms. The van der Waals surface area contributed by atoms with E-state index in [2.05, 4.69) is 29.5 Å². The zero-order chi connectivity index (χ0) is 20.8. The molecule has 1 aromatic heterocycles. The number of halogens is 1. The molecular weight excluding hydrogens is 377 g/mol. The van der Waals surface area contributed by atoms with Gasteiger partial charge in [-0.1, -0.05) is 43.3 Å². The second-order valence-corrected chi connectivity index (χ2v) is 8.74. The summed E-state index contributed by atoms with van der Waals surface area (Å²) in [5, 5.41) is 7.71. The highest BCUT2D eigenvalue weighted by molar-refractivity contribution is 5.91. The Morgan fingerprint density at radius 1 is 1.13 bits per heavy atom. The number of rotatable bonds is 5. The molecule has 0 spiro atoms. The van der Waals surface area contributed by atoms with E-state index in [9.17, 15) is 9.18 Å². The molecule has 2 aliphatic carbocycles. The second-order valence-electron chi connectivity index (χ2n) is 8.74. The lowest BCUT2D eigenvalue weighted by Crippen LogP contribution is -2.41. The molecule has 4 nitrogen and oxygen atoms in total. The Hall–Kier alpha value is -3.21. The van der Waals surface area contributed by atoms with Crippen LogP contribution in [-0.4, -0.2) is 22.2 Å². The molecular formula is C25H24FN3O. The fraction of sp³-hybridized carbons (Fsp3) is 0.280. The Balaban J connectivity index is 1.30. The van der Waals surface area contributed by atoms with Crippen LogP contribution in [0.4, 0.5) is 4.39 Å². The van der Waals surface area contributed by atoms with Crippen LogP contribution in [0.3, 0.4) is 0 Å². The smallest absolute Gasteiger partial charge is 0.230 e. The number of nitrogens with one attached hydrogen (secondary N) is 1. The number of carbonyl (C=O) groups is 1. The van der Waals surface area contributed by atoms with Crippen molar-refractivity contribution in [1.29, 1.82) is 0 Å². The molecule has 30 heavy (non-hydrogen) atoms. The van der Waals surface area contributed by atoms with Gasteiger partial charge in [0, 0.05) is 12.0 Å². The van der Waals surface area contributed by atoms with Crippen LogP contribution in [0, 0.1) is 11.2 Å². The number of hydrogen-bond acceptors (Lipinski definition) is 2. The van der Waals surface area contributed by atoms with Crippen LogP contribution in [-0.2, 0) is 16.6 Å². The summed E-state index contributed by atoms with van der Waals surface area (Å²) in [5.74, 6) is -0.140. The minimum absolute atomic E-state index is 0.121. The predicted octanol–water partition coefficient (Wildman–Crippen LogP) is 4.44. The number of fused-ring (bicyclic) bond motifs is 1. The largest absolute Gasteiger partial charge is 0.354 e. The highest BCUT2D eigenvalue weighted by atomic mass is 19.1. The van der Waals surface area contributed by atoms with Gasteiger partial charge in [-0.2, -0.15) is 5.10 Å². The fourth-order valence-electron chi connectivity index (χ4n) is 4.37. The average molecular weight is 401 g/mol. The maximum Gasteiger partial charge on any atom is 0.230 e. The summed E-state index contributed by atoms with van der Waals surface area (Å²) in [7, 11) is 0. The molecule has 1 N–H and O–H groups in total. The molecule has 3 aromatic rings. The normalized spacial score (nSPS) is 21.1. The van der Waals surface area contributed by atoms with Gasteiger partial charge in [-0.3, -0.25) is 4.79 Å². The van der Waals surface area contributed by atoms with Gasteiger partial charge in [0.25, 0.3) is 0 Å². The quantitative estimate of drug-likeness (QED) is 0.687. The highest BCUT2D eigenvalue weighted by Gasteiger charge is 2.51. The molecule has 152 valence electrons. The van der Waals surface area contributed by atoms with Gasteiger partial charge >= 0.3 is 0 Å². The van der Waals surface area contributed by atoms with Gasteiger partial charge in [0.1, 0.15) is 5.82 Å². The molecule has 0 bridgehead atoms. The van der Waals surface area contributed by atoms with Crippen molar-refractivity contribution in [2.45, 2.75) is 31.6 Å². The van der Waals surface area contributed by atoms with E-state index < -0.39 is 0 Å². The maximum absolute atomic E-state index is 13.2. The summed E-state index contributed by atoms with van der Waals surface area (Å²) in [6.07, 6.45) is 8.69. The molecule has 1 unspecified atom stereocenters. The zero-order valence-corrected chi connectivity index (χ0v) is 16.9. The monoisotopic (exact) mass is 401 g/mol. The van der Waals surface area contributed by atoms with E-state index in [0.29, 0.717) is 6.54 Å². The third kappa shape index (κ3) is 3.24. The van der Waals surface area contributed by atoms with E-state index in [-0.39, 0.29) is 22.6 Å². The van der Waals surface area contributed by atoms with E-state index in [1.54, 1.807) is 12.1 Å². The number of benzene rings is 2. The number of amides is 1. The molecule has 5 rings (SSSR count). The van der Waals surface area contributed by atoms with E-state index in [0.717, 1.165) is 41.8 Å². The summed E-state index contributed by atoms with van der Waals surface area (Å²) < 4.78 is 15.1. The standard InChI is InChI=1S/C25H24FN3O/c1-24(17-27-23(30)25(13-14-25)19-5-3-2-4-6-19)12-11-22-18(15-24)16-28-29(22)21-9-7-20(26)8-10-21/h2-12,16H,13-15,17H2,1H3,(H,27,30). The number of aromatic nitrogens is 2. The van der Waals surface area contributed by atoms with Crippen molar-refractivity contribution < 1.29 is 9.18 Å². The van der Waals surface area contributed by atoms with Crippen LogP contribution >= 0.6 is 0 Å². The predicted molar refractivity (Wildman–Crippen MR) is 115 cm³/mol.